The molecule has 1 rings (SSSR count). The number of rotatable bonds is 2. The molecule has 3 nitrogen and oxygen atoms in total. The van der Waals surface area contributed by atoms with Crippen LogP contribution in [-0.2, 0) is 9.90 Å². The minimum absolute atomic E-state index is 0.0258. The van der Waals surface area contributed by atoms with Crippen LogP contribution in [-0.4, -0.2) is 5.91 Å². The third-order valence-electron chi connectivity index (χ3n) is 1.14. The van der Waals surface area contributed by atoms with Crippen molar-refractivity contribution in [2.75, 3.05) is 0 Å². The van der Waals surface area contributed by atoms with Gasteiger partial charge < -0.3 is 0 Å². The van der Waals surface area contributed by atoms with E-state index in [4.69, 9.17) is 0 Å². The van der Waals surface area contributed by atoms with E-state index in [1.165, 1.54) is 31.0 Å². The molecule has 1 aromatic rings. The summed E-state index contributed by atoms with van der Waals surface area (Å²) in [7, 11) is 0. The Kier molecular flexibility index (Phi) is 2.99. The van der Waals surface area contributed by atoms with Gasteiger partial charge in [0.25, 0.3) is 0 Å². The molecule has 1 aromatic carbocycles. The summed E-state index contributed by atoms with van der Waals surface area (Å²) in [4.78, 5) is 11.3. The average molecular weight is 182 g/mol. The fourth-order valence-corrected chi connectivity index (χ4v) is 1.17. The highest BCUT2D eigenvalue weighted by Crippen LogP contribution is 2.17. The van der Waals surface area contributed by atoms with Gasteiger partial charge >= 0.3 is 0 Å². The van der Waals surface area contributed by atoms with Gasteiger partial charge in [-0.25, -0.2) is 0 Å². The lowest BCUT2D eigenvalue weighted by Gasteiger charge is -1.99. The quantitative estimate of drug-likeness (QED) is 0.711. The first-order valence-electron chi connectivity index (χ1n) is 3.39. The molecule has 0 atom stereocenters. The first kappa shape index (κ1) is 8.93. The van der Waals surface area contributed by atoms with Gasteiger partial charge in [0.2, 0.25) is 5.91 Å². The molecule has 0 aliphatic carbocycles. The molecule has 0 aliphatic heterocycles. The molecule has 0 spiro atoms. The van der Waals surface area contributed by atoms with Gasteiger partial charge in [-0.3, -0.25) is 14.6 Å². The molecule has 12 heavy (non-hydrogen) atoms. The molecular formula is C8H8NO2S. The smallest absolute Gasteiger partial charge is 0.226 e. The van der Waals surface area contributed by atoms with Crippen molar-refractivity contribution in [3.63, 3.8) is 0 Å². The topological polar surface area (TPSA) is 49.0 Å². The van der Waals surface area contributed by atoms with Crippen LogP contribution in [0.25, 0.3) is 0 Å². The van der Waals surface area contributed by atoms with Crippen molar-refractivity contribution in [3.8, 4) is 5.75 Å². The van der Waals surface area contributed by atoms with Crippen molar-refractivity contribution in [2.45, 2.75) is 11.8 Å². The van der Waals surface area contributed by atoms with E-state index in [1.54, 1.807) is 12.1 Å². The Labute approximate surface area is 74.9 Å². The van der Waals surface area contributed by atoms with Gasteiger partial charge in [-0.15, -0.1) is 0 Å². The summed E-state index contributed by atoms with van der Waals surface area (Å²) < 4.78 is 2.56. The third-order valence-corrected chi connectivity index (χ3v) is 2.03. The van der Waals surface area contributed by atoms with Crippen LogP contribution in [0.15, 0.2) is 29.2 Å². The largest absolute Gasteiger partial charge is 0.296 e. The van der Waals surface area contributed by atoms with Crippen LogP contribution in [0.4, 0.5) is 0 Å². The Morgan fingerprint density at radius 3 is 2.42 bits per heavy atom. The van der Waals surface area contributed by atoms with Gasteiger partial charge in [0, 0.05) is 11.8 Å². The number of nitrogens with one attached hydrogen (secondary N) is 1. The molecule has 0 unspecified atom stereocenters. The van der Waals surface area contributed by atoms with Crippen LogP contribution in [0.1, 0.15) is 6.92 Å². The van der Waals surface area contributed by atoms with Gasteiger partial charge in [0.05, 0.1) is 0 Å². The van der Waals surface area contributed by atoms with Gasteiger partial charge in [-0.1, -0.05) is 0 Å². The highest BCUT2D eigenvalue weighted by atomic mass is 32.2. The number of amides is 1. The average Bonchev–Trinajstić information content (AvgIpc) is 2.03. The number of hydrogen-bond acceptors (Lipinski definition) is 2. The van der Waals surface area contributed by atoms with Crippen LogP contribution in [0.3, 0.4) is 0 Å². The summed E-state index contributed by atoms with van der Waals surface area (Å²) >= 11 is 1.20. The van der Waals surface area contributed by atoms with E-state index < -0.39 is 0 Å². The van der Waals surface area contributed by atoms with E-state index >= 15 is 0 Å². The minimum Gasteiger partial charge on any atom is -0.296 e. The lowest BCUT2D eigenvalue weighted by molar-refractivity contribution is -0.117. The molecule has 0 aliphatic rings. The molecule has 1 radical (unpaired) electrons. The molecule has 0 saturated carbocycles. The SMILES string of the molecule is CC(=O)NSc1ccc([O])cc1. The zero-order chi connectivity index (χ0) is 8.97. The second-order valence-electron chi connectivity index (χ2n) is 2.23. The van der Waals surface area contributed by atoms with Crippen LogP contribution in [0, 0.1) is 0 Å². The first-order valence-corrected chi connectivity index (χ1v) is 4.20. The number of hydrogen-bond donors (Lipinski definition) is 1. The van der Waals surface area contributed by atoms with Gasteiger partial charge in [0.1, 0.15) is 0 Å². The Hall–Kier alpha value is -1.16. The summed E-state index contributed by atoms with van der Waals surface area (Å²) in [5.41, 5.74) is 0. The molecule has 0 heterocycles. The number of carbonyl (C=O) groups is 1. The molecule has 0 saturated heterocycles. The molecular weight excluding hydrogens is 174 g/mol. The predicted octanol–water partition coefficient (Wildman–Crippen LogP) is 1.97. The minimum atomic E-state index is -0.105. The maximum Gasteiger partial charge on any atom is 0.226 e. The van der Waals surface area contributed by atoms with E-state index in [1.807, 2.05) is 0 Å². The van der Waals surface area contributed by atoms with E-state index in [-0.39, 0.29) is 11.7 Å². The van der Waals surface area contributed by atoms with Crippen molar-refractivity contribution < 1.29 is 9.90 Å². The van der Waals surface area contributed by atoms with Crippen molar-refractivity contribution in [2.24, 2.45) is 0 Å². The Morgan fingerprint density at radius 1 is 1.33 bits per heavy atom. The summed E-state index contributed by atoms with van der Waals surface area (Å²) in [6, 6.07) is 6.26. The summed E-state index contributed by atoms with van der Waals surface area (Å²) in [5.74, 6) is -0.131. The maximum absolute atomic E-state index is 10.7. The molecule has 0 bridgehead atoms. The normalized spacial score (nSPS) is 9.42. The monoisotopic (exact) mass is 182 g/mol. The van der Waals surface area contributed by atoms with Crippen molar-refractivity contribution in [1.82, 2.24) is 4.72 Å². The molecule has 0 aromatic heterocycles. The zero-order valence-electron chi connectivity index (χ0n) is 6.53. The van der Waals surface area contributed by atoms with Gasteiger partial charge in [-0.2, -0.15) is 0 Å². The highest BCUT2D eigenvalue weighted by molar-refractivity contribution is 7.98. The molecule has 63 valence electrons. The van der Waals surface area contributed by atoms with E-state index in [0.29, 0.717) is 0 Å². The van der Waals surface area contributed by atoms with Crippen molar-refractivity contribution in [1.29, 1.82) is 0 Å². The van der Waals surface area contributed by atoms with Gasteiger partial charge in [-0.05, 0) is 36.2 Å². The Bertz CT molecular complexity index is 271. The third kappa shape index (κ3) is 2.84. The first-order chi connectivity index (χ1) is 5.68. The summed E-state index contributed by atoms with van der Waals surface area (Å²) in [5, 5.41) is 10.7. The second-order valence-corrected chi connectivity index (χ2v) is 3.11. The predicted molar refractivity (Wildman–Crippen MR) is 46.2 cm³/mol. The lowest BCUT2D eigenvalue weighted by atomic mass is 10.3. The lowest BCUT2D eigenvalue weighted by Crippen LogP contribution is -2.09. The molecule has 1 N–H and O–H groups in total. The van der Waals surface area contributed by atoms with Crippen LogP contribution >= 0.6 is 11.9 Å². The number of carbonyl (C=O) groups excluding carboxylic acids is 1. The fraction of sp³-hybridized carbons (Fsp3) is 0.125. The molecule has 1 amide bonds. The van der Waals surface area contributed by atoms with Crippen LogP contribution < -0.4 is 4.72 Å². The van der Waals surface area contributed by atoms with Crippen molar-refractivity contribution >= 4 is 17.9 Å². The van der Waals surface area contributed by atoms with Crippen LogP contribution in [0.5, 0.6) is 5.75 Å². The fourth-order valence-electron chi connectivity index (χ4n) is 0.638. The van der Waals surface area contributed by atoms with Crippen LogP contribution in [0.2, 0.25) is 0 Å². The van der Waals surface area contributed by atoms with E-state index in [0.717, 1.165) is 4.90 Å². The highest BCUT2D eigenvalue weighted by Gasteiger charge is 1.95. The van der Waals surface area contributed by atoms with Crippen molar-refractivity contribution in [3.05, 3.63) is 24.3 Å². The maximum atomic E-state index is 10.7. The van der Waals surface area contributed by atoms with E-state index in [9.17, 15) is 9.90 Å². The Morgan fingerprint density at radius 2 is 1.92 bits per heavy atom. The number of benzene rings is 1. The Balaban J connectivity index is 2.53. The van der Waals surface area contributed by atoms with E-state index in [2.05, 4.69) is 4.72 Å². The second kappa shape index (κ2) is 4.01. The molecule has 0 fully saturated rings. The van der Waals surface area contributed by atoms with Gasteiger partial charge in [0.15, 0.2) is 5.75 Å². The summed E-state index contributed by atoms with van der Waals surface area (Å²) in [6.45, 7) is 1.44. The summed E-state index contributed by atoms with van der Waals surface area (Å²) in [6.07, 6.45) is 0. The standard InChI is InChI=1S/C8H8NO2S/c1-6(10)9-12-8-4-2-7(11)3-5-8/h2-5H,1H3,(H,9,10). The molecule has 4 heteroatoms. The zero-order valence-corrected chi connectivity index (χ0v) is 7.35.